The van der Waals surface area contributed by atoms with E-state index in [1.807, 2.05) is 0 Å². The molecule has 0 aliphatic heterocycles. The van der Waals surface area contributed by atoms with Crippen LogP contribution in [-0.4, -0.2) is 36.6 Å². The molecule has 2 heteroatoms. The molecule has 0 radical (unpaired) electrons. The second-order valence-electron chi connectivity index (χ2n) is 7.19. The van der Waals surface area contributed by atoms with Gasteiger partial charge >= 0.3 is 0 Å². The van der Waals surface area contributed by atoms with Crippen LogP contribution in [-0.2, 0) is 0 Å². The molecule has 0 aromatic carbocycles. The van der Waals surface area contributed by atoms with Crippen LogP contribution in [0.2, 0.25) is 0 Å². The molecule has 0 aliphatic rings. The zero-order valence-corrected chi connectivity index (χ0v) is 15.7. The third-order valence-corrected chi connectivity index (χ3v) is 4.74. The van der Waals surface area contributed by atoms with Crippen molar-refractivity contribution in [3.05, 3.63) is 12.2 Å². The van der Waals surface area contributed by atoms with Crippen LogP contribution >= 0.6 is 0 Å². The standard InChI is InChI=1S/C19H40N2/c1-9-10-11-12-13-17(6)20-19(18(7)15(2)3)14-21(8)16(4)5/h16-20H,2,9-14H2,1,3-8H3. The van der Waals surface area contributed by atoms with E-state index in [4.69, 9.17) is 0 Å². The fourth-order valence-corrected chi connectivity index (χ4v) is 2.55. The molecule has 0 fully saturated rings. The summed E-state index contributed by atoms with van der Waals surface area (Å²) in [6.45, 7) is 18.8. The average molecular weight is 297 g/mol. The predicted octanol–water partition coefficient (Wildman–Crippen LogP) is 4.86. The van der Waals surface area contributed by atoms with Gasteiger partial charge < -0.3 is 10.2 Å². The number of rotatable bonds is 12. The summed E-state index contributed by atoms with van der Waals surface area (Å²) in [4.78, 5) is 2.43. The second kappa shape index (κ2) is 11.3. The number of nitrogens with zero attached hydrogens (tertiary/aromatic N) is 1. The molecule has 2 nitrogen and oxygen atoms in total. The molecule has 21 heavy (non-hydrogen) atoms. The van der Waals surface area contributed by atoms with Crippen molar-refractivity contribution in [3.8, 4) is 0 Å². The van der Waals surface area contributed by atoms with Gasteiger partial charge in [0.15, 0.2) is 0 Å². The Bertz CT molecular complexity index is 273. The van der Waals surface area contributed by atoms with Gasteiger partial charge in [0.1, 0.15) is 0 Å². The summed E-state index contributed by atoms with van der Waals surface area (Å²) in [6, 6.07) is 1.68. The Morgan fingerprint density at radius 2 is 1.71 bits per heavy atom. The molecular formula is C19H40N2. The third kappa shape index (κ3) is 9.31. The van der Waals surface area contributed by atoms with E-state index in [1.165, 1.54) is 37.7 Å². The fraction of sp³-hybridized carbons (Fsp3) is 0.895. The van der Waals surface area contributed by atoms with Gasteiger partial charge in [0.25, 0.3) is 0 Å². The Labute approximate surface area is 134 Å². The highest BCUT2D eigenvalue weighted by atomic mass is 15.1. The van der Waals surface area contributed by atoms with Gasteiger partial charge in [0.2, 0.25) is 0 Å². The lowest BCUT2D eigenvalue weighted by Crippen LogP contribution is -2.48. The van der Waals surface area contributed by atoms with Gasteiger partial charge in [-0.15, -0.1) is 0 Å². The van der Waals surface area contributed by atoms with Crippen molar-refractivity contribution in [1.29, 1.82) is 0 Å². The molecule has 0 saturated carbocycles. The number of nitrogens with one attached hydrogen (secondary N) is 1. The maximum Gasteiger partial charge on any atom is 0.0259 e. The van der Waals surface area contributed by atoms with Crippen LogP contribution in [0, 0.1) is 5.92 Å². The van der Waals surface area contributed by atoms with Gasteiger partial charge in [-0.1, -0.05) is 51.7 Å². The number of likely N-dealkylation sites (N-methyl/N-ethyl adjacent to an activating group) is 1. The van der Waals surface area contributed by atoms with Gasteiger partial charge in [-0.05, 0) is 47.1 Å². The SMILES string of the molecule is C=C(C)C(C)C(CN(C)C(C)C)NC(C)CCCCCC. The highest BCUT2D eigenvalue weighted by molar-refractivity contribution is 5.00. The van der Waals surface area contributed by atoms with Crippen LogP contribution in [0.15, 0.2) is 12.2 Å². The van der Waals surface area contributed by atoms with Gasteiger partial charge in [-0.25, -0.2) is 0 Å². The van der Waals surface area contributed by atoms with Crippen molar-refractivity contribution in [2.45, 2.75) is 91.8 Å². The highest BCUT2D eigenvalue weighted by Gasteiger charge is 2.22. The lowest BCUT2D eigenvalue weighted by Gasteiger charge is -2.34. The maximum atomic E-state index is 4.16. The van der Waals surface area contributed by atoms with E-state index in [2.05, 4.69) is 65.4 Å². The summed E-state index contributed by atoms with van der Waals surface area (Å²) in [5.74, 6) is 0.518. The number of unbranched alkanes of at least 4 members (excludes halogenated alkanes) is 3. The molecule has 0 bridgehead atoms. The molecule has 3 atom stereocenters. The molecule has 0 aliphatic carbocycles. The number of hydrogen-bond donors (Lipinski definition) is 1. The largest absolute Gasteiger partial charge is 0.310 e. The minimum atomic E-state index is 0.496. The van der Waals surface area contributed by atoms with E-state index < -0.39 is 0 Å². The van der Waals surface area contributed by atoms with Crippen LogP contribution in [0.4, 0.5) is 0 Å². The van der Waals surface area contributed by atoms with Gasteiger partial charge in [-0.3, -0.25) is 0 Å². The lowest BCUT2D eigenvalue weighted by atomic mass is 9.93. The first-order chi connectivity index (χ1) is 9.79. The summed E-state index contributed by atoms with van der Waals surface area (Å²) in [5, 5.41) is 3.86. The minimum Gasteiger partial charge on any atom is -0.310 e. The van der Waals surface area contributed by atoms with Gasteiger partial charge in [0, 0.05) is 24.7 Å². The Morgan fingerprint density at radius 3 is 2.19 bits per heavy atom. The molecule has 126 valence electrons. The van der Waals surface area contributed by atoms with Crippen LogP contribution in [0.1, 0.15) is 73.6 Å². The summed E-state index contributed by atoms with van der Waals surface area (Å²) in [7, 11) is 2.22. The Hall–Kier alpha value is -0.340. The smallest absolute Gasteiger partial charge is 0.0259 e. The van der Waals surface area contributed by atoms with Crippen LogP contribution in [0.5, 0.6) is 0 Å². The second-order valence-corrected chi connectivity index (χ2v) is 7.19. The summed E-state index contributed by atoms with van der Waals surface area (Å²) in [6.07, 6.45) is 6.68. The molecule has 0 spiro atoms. The molecule has 0 heterocycles. The zero-order valence-electron chi connectivity index (χ0n) is 15.7. The van der Waals surface area contributed by atoms with Gasteiger partial charge in [-0.2, -0.15) is 0 Å². The van der Waals surface area contributed by atoms with Gasteiger partial charge in [0.05, 0.1) is 0 Å². The molecule has 0 aromatic rings. The number of hydrogen-bond acceptors (Lipinski definition) is 2. The van der Waals surface area contributed by atoms with Crippen molar-refractivity contribution in [2.75, 3.05) is 13.6 Å². The Kier molecular flexibility index (Phi) is 11.1. The third-order valence-electron chi connectivity index (χ3n) is 4.74. The molecule has 0 aromatic heterocycles. The van der Waals surface area contributed by atoms with E-state index in [-0.39, 0.29) is 0 Å². The summed E-state index contributed by atoms with van der Waals surface area (Å²) in [5.41, 5.74) is 1.28. The minimum absolute atomic E-state index is 0.496. The predicted molar refractivity (Wildman–Crippen MR) is 96.9 cm³/mol. The zero-order chi connectivity index (χ0) is 16.4. The van der Waals surface area contributed by atoms with E-state index >= 15 is 0 Å². The van der Waals surface area contributed by atoms with Crippen LogP contribution in [0.25, 0.3) is 0 Å². The maximum absolute atomic E-state index is 4.16. The van der Waals surface area contributed by atoms with Crippen molar-refractivity contribution < 1.29 is 0 Å². The first-order valence-electron chi connectivity index (χ1n) is 8.91. The van der Waals surface area contributed by atoms with Crippen molar-refractivity contribution in [1.82, 2.24) is 10.2 Å². The molecular weight excluding hydrogens is 256 g/mol. The Balaban J connectivity index is 4.41. The van der Waals surface area contributed by atoms with Crippen LogP contribution < -0.4 is 5.32 Å². The highest BCUT2D eigenvalue weighted by Crippen LogP contribution is 2.16. The summed E-state index contributed by atoms with van der Waals surface area (Å²) >= 11 is 0. The van der Waals surface area contributed by atoms with E-state index in [1.54, 1.807) is 0 Å². The molecule has 0 amide bonds. The quantitative estimate of drug-likeness (QED) is 0.409. The molecule has 0 saturated heterocycles. The molecule has 3 unspecified atom stereocenters. The lowest BCUT2D eigenvalue weighted by molar-refractivity contribution is 0.211. The monoisotopic (exact) mass is 296 g/mol. The van der Waals surface area contributed by atoms with E-state index in [9.17, 15) is 0 Å². The van der Waals surface area contributed by atoms with E-state index in [0.29, 0.717) is 24.0 Å². The fourth-order valence-electron chi connectivity index (χ4n) is 2.55. The first-order valence-corrected chi connectivity index (χ1v) is 8.91. The van der Waals surface area contributed by atoms with E-state index in [0.717, 1.165) is 6.54 Å². The normalized spacial score (nSPS) is 16.2. The average Bonchev–Trinajstić information content (AvgIpc) is 2.41. The molecule has 1 N–H and O–H groups in total. The summed E-state index contributed by atoms with van der Waals surface area (Å²) < 4.78 is 0. The Morgan fingerprint density at radius 1 is 1.10 bits per heavy atom. The van der Waals surface area contributed by atoms with Crippen LogP contribution in [0.3, 0.4) is 0 Å². The first kappa shape index (κ1) is 20.7. The van der Waals surface area contributed by atoms with Crippen molar-refractivity contribution in [3.63, 3.8) is 0 Å². The van der Waals surface area contributed by atoms with Crippen molar-refractivity contribution >= 4 is 0 Å². The topological polar surface area (TPSA) is 15.3 Å². The van der Waals surface area contributed by atoms with Crippen molar-refractivity contribution in [2.24, 2.45) is 5.92 Å². The molecule has 0 rings (SSSR count).